The van der Waals surface area contributed by atoms with Crippen molar-refractivity contribution < 1.29 is 21.7 Å². The van der Waals surface area contributed by atoms with E-state index in [0.717, 1.165) is 31.9 Å². The fourth-order valence-electron chi connectivity index (χ4n) is 3.58. The van der Waals surface area contributed by atoms with Crippen molar-refractivity contribution in [3.05, 3.63) is 5.82 Å². The molecule has 2 fully saturated rings. The number of rotatable bonds is 6. The molecule has 1 atom stereocenters. The molecule has 2 aliphatic rings. The van der Waals surface area contributed by atoms with Gasteiger partial charge in [0.25, 0.3) is 0 Å². The third-order valence-electron chi connectivity index (χ3n) is 5.02. The van der Waals surface area contributed by atoms with Crippen LogP contribution in [0.3, 0.4) is 0 Å². The summed E-state index contributed by atoms with van der Waals surface area (Å²) in [5, 5.41) is 7.01. The Balaban J connectivity index is 1.45. The summed E-state index contributed by atoms with van der Waals surface area (Å²) in [5.74, 6) is -2.29. The van der Waals surface area contributed by atoms with Crippen LogP contribution in [-0.4, -0.2) is 43.3 Å². The first-order valence-electron chi connectivity index (χ1n) is 8.63. The fraction of sp³-hybridized carbons (Fsp3) is 0.867. The Morgan fingerprint density at radius 2 is 1.96 bits per heavy atom. The Morgan fingerprint density at radius 1 is 1.24 bits per heavy atom. The van der Waals surface area contributed by atoms with Crippen molar-refractivity contribution in [1.29, 1.82) is 0 Å². The molecular formula is C15H24F2N4O3S. The van der Waals surface area contributed by atoms with E-state index < -0.39 is 15.9 Å². The van der Waals surface area contributed by atoms with Crippen molar-refractivity contribution in [2.75, 3.05) is 18.1 Å². The highest BCUT2D eigenvalue weighted by Gasteiger charge is 2.42. The van der Waals surface area contributed by atoms with Crippen molar-refractivity contribution in [2.24, 2.45) is 5.92 Å². The molecule has 2 aliphatic carbocycles. The number of hydrogen-bond donors (Lipinski definition) is 2. The fourth-order valence-corrected chi connectivity index (χ4v) is 4.12. The van der Waals surface area contributed by atoms with Gasteiger partial charge in [0.15, 0.2) is 5.82 Å². The molecule has 10 heteroatoms. The predicted molar refractivity (Wildman–Crippen MR) is 88.1 cm³/mol. The Bertz CT molecular complexity index is 687. The van der Waals surface area contributed by atoms with Gasteiger partial charge >= 0.3 is 6.01 Å². The van der Waals surface area contributed by atoms with Crippen LogP contribution in [0.5, 0.6) is 0 Å². The Morgan fingerprint density at radius 3 is 2.56 bits per heavy atom. The molecular weight excluding hydrogens is 354 g/mol. The van der Waals surface area contributed by atoms with Crippen molar-refractivity contribution in [2.45, 2.75) is 62.8 Å². The summed E-state index contributed by atoms with van der Waals surface area (Å²) in [5.41, 5.74) is 0. The molecule has 3 rings (SSSR count). The highest BCUT2D eigenvalue weighted by atomic mass is 32.2. The van der Waals surface area contributed by atoms with Crippen LogP contribution in [0, 0.1) is 5.92 Å². The summed E-state index contributed by atoms with van der Waals surface area (Å²) in [6.07, 6.45) is 4.74. The zero-order valence-corrected chi connectivity index (χ0v) is 15.0. The van der Waals surface area contributed by atoms with E-state index in [4.69, 9.17) is 4.52 Å². The highest BCUT2D eigenvalue weighted by Crippen LogP contribution is 2.43. The molecule has 2 N–H and O–H groups in total. The first-order chi connectivity index (χ1) is 11.7. The lowest BCUT2D eigenvalue weighted by Gasteiger charge is -2.28. The molecule has 0 aromatic carbocycles. The van der Waals surface area contributed by atoms with Crippen molar-refractivity contribution >= 4 is 16.0 Å². The van der Waals surface area contributed by atoms with Crippen LogP contribution in [0.15, 0.2) is 4.52 Å². The van der Waals surface area contributed by atoms with E-state index in [1.807, 2.05) is 0 Å². The summed E-state index contributed by atoms with van der Waals surface area (Å²) in [6.45, 7) is 0.464. The van der Waals surface area contributed by atoms with E-state index in [1.54, 1.807) is 0 Å². The molecule has 0 spiro atoms. The Hall–Kier alpha value is -1.29. The largest absolute Gasteiger partial charge is 0.335 e. The van der Waals surface area contributed by atoms with Gasteiger partial charge in [0, 0.05) is 31.3 Å². The maximum absolute atomic E-state index is 13.3. The van der Waals surface area contributed by atoms with Crippen LogP contribution in [-0.2, 0) is 10.0 Å². The molecule has 25 heavy (non-hydrogen) atoms. The zero-order chi connectivity index (χ0) is 18.1. The molecule has 0 bridgehead atoms. The number of aromatic nitrogens is 2. The summed E-state index contributed by atoms with van der Waals surface area (Å²) in [6, 6.07) is 0.454. The van der Waals surface area contributed by atoms with Gasteiger partial charge in [0.2, 0.25) is 15.9 Å². The lowest BCUT2D eigenvalue weighted by molar-refractivity contribution is 0.00749. The minimum atomic E-state index is -3.15. The van der Waals surface area contributed by atoms with E-state index in [1.165, 1.54) is 0 Å². The first-order valence-corrected chi connectivity index (χ1v) is 10.5. The van der Waals surface area contributed by atoms with Gasteiger partial charge in [-0.3, -0.25) is 0 Å². The number of halogens is 2. The quantitative estimate of drug-likeness (QED) is 0.789. The minimum Gasteiger partial charge on any atom is -0.335 e. The van der Waals surface area contributed by atoms with Crippen LogP contribution in [0.4, 0.5) is 14.8 Å². The summed E-state index contributed by atoms with van der Waals surface area (Å²) in [7, 11) is -3.15. The van der Waals surface area contributed by atoms with Gasteiger partial charge in [-0.1, -0.05) is 5.16 Å². The molecule has 1 heterocycles. The molecule has 2 saturated carbocycles. The van der Waals surface area contributed by atoms with Gasteiger partial charge < -0.3 is 9.84 Å². The van der Waals surface area contributed by atoms with E-state index >= 15 is 0 Å². The smallest absolute Gasteiger partial charge is 0.321 e. The predicted octanol–water partition coefficient (Wildman–Crippen LogP) is 2.49. The standard InChI is InChI=1S/C15H24F2N4O3S/c1-25(22,23)18-9-10-2-4-12(5-3-10)19-14-20-13(21-24-14)11-6-7-15(16,17)8-11/h10-12,18H,2-9H2,1H3,(H,19,20,21)/t10-,11?,12-. The van der Waals surface area contributed by atoms with Gasteiger partial charge in [0.05, 0.1) is 6.26 Å². The average molecular weight is 378 g/mol. The van der Waals surface area contributed by atoms with E-state index in [9.17, 15) is 17.2 Å². The van der Waals surface area contributed by atoms with Gasteiger partial charge in [-0.2, -0.15) is 4.98 Å². The zero-order valence-electron chi connectivity index (χ0n) is 14.2. The first kappa shape index (κ1) is 18.5. The number of sulfonamides is 1. The topological polar surface area (TPSA) is 97.1 Å². The summed E-state index contributed by atoms with van der Waals surface area (Å²) < 4.78 is 56.5. The molecule has 1 unspecified atom stereocenters. The second-order valence-corrected chi connectivity index (χ2v) is 9.07. The van der Waals surface area contributed by atoms with Crippen LogP contribution >= 0.6 is 0 Å². The maximum Gasteiger partial charge on any atom is 0.321 e. The van der Waals surface area contributed by atoms with Crippen molar-refractivity contribution in [3.8, 4) is 0 Å². The third kappa shape index (κ3) is 5.34. The van der Waals surface area contributed by atoms with Gasteiger partial charge in [0.1, 0.15) is 0 Å². The monoisotopic (exact) mass is 378 g/mol. The van der Waals surface area contributed by atoms with E-state index in [0.29, 0.717) is 24.7 Å². The molecule has 1 aromatic rings. The summed E-state index contributed by atoms with van der Waals surface area (Å²) in [4.78, 5) is 4.23. The Kier molecular flexibility index (Phi) is 5.29. The normalized spacial score (nSPS) is 29.6. The van der Waals surface area contributed by atoms with Crippen LogP contribution in [0.1, 0.15) is 56.7 Å². The average Bonchev–Trinajstić information content (AvgIpc) is 3.12. The second-order valence-electron chi connectivity index (χ2n) is 7.24. The van der Waals surface area contributed by atoms with Gasteiger partial charge in [-0.25, -0.2) is 21.9 Å². The van der Waals surface area contributed by atoms with Crippen LogP contribution in [0.25, 0.3) is 0 Å². The summed E-state index contributed by atoms with van der Waals surface area (Å²) >= 11 is 0. The molecule has 142 valence electrons. The highest BCUT2D eigenvalue weighted by molar-refractivity contribution is 7.88. The number of alkyl halides is 2. The Labute approximate surface area is 146 Å². The SMILES string of the molecule is CS(=O)(=O)NC[C@H]1CC[C@H](Nc2nc(C3CCC(F)(F)C3)no2)CC1. The molecule has 0 aliphatic heterocycles. The minimum absolute atomic E-state index is 0.125. The number of nitrogens with one attached hydrogen (secondary N) is 2. The number of nitrogens with zero attached hydrogens (tertiary/aromatic N) is 2. The van der Waals surface area contributed by atoms with Crippen molar-refractivity contribution in [1.82, 2.24) is 14.9 Å². The van der Waals surface area contributed by atoms with E-state index in [2.05, 4.69) is 20.2 Å². The second kappa shape index (κ2) is 7.14. The number of anilines is 1. The van der Waals surface area contributed by atoms with Gasteiger partial charge in [-0.15, -0.1) is 0 Å². The van der Waals surface area contributed by atoms with Crippen LogP contribution in [0.2, 0.25) is 0 Å². The van der Waals surface area contributed by atoms with E-state index in [-0.39, 0.29) is 30.8 Å². The van der Waals surface area contributed by atoms with Crippen molar-refractivity contribution in [3.63, 3.8) is 0 Å². The molecule has 0 amide bonds. The number of hydrogen-bond acceptors (Lipinski definition) is 6. The molecule has 1 aromatic heterocycles. The molecule has 0 radical (unpaired) electrons. The lowest BCUT2D eigenvalue weighted by Crippen LogP contribution is -2.33. The molecule has 0 saturated heterocycles. The lowest BCUT2D eigenvalue weighted by atomic mass is 9.86. The molecule has 7 nitrogen and oxygen atoms in total. The third-order valence-corrected chi connectivity index (χ3v) is 5.71. The maximum atomic E-state index is 13.3. The van der Waals surface area contributed by atoms with Gasteiger partial charge in [-0.05, 0) is 38.0 Å². The van der Waals surface area contributed by atoms with Crippen LogP contribution < -0.4 is 10.0 Å².